The number of carbonyl (C=O) groups excluding carboxylic acids is 1. The molecule has 4 heteroatoms. The third kappa shape index (κ3) is 2.53. The van der Waals surface area contributed by atoms with Crippen molar-refractivity contribution in [3.05, 3.63) is 0 Å². The van der Waals surface area contributed by atoms with Gasteiger partial charge in [0.25, 0.3) is 0 Å². The van der Waals surface area contributed by atoms with Crippen molar-refractivity contribution in [1.29, 1.82) is 0 Å². The Morgan fingerprint density at radius 2 is 1.71 bits per heavy atom. The molecule has 17 heavy (non-hydrogen) atoms. The van der Waals surface area contributed by atoms with Gasteiger partial charge in [0.15, 0.2) is 0 Å². The molecule has 2 aliphatic carbocycles. The molecule has 0 bridgehead atoms. The van der Waals surface area contributed by atoms with Crippen LogP contribution in [0.2, 0.25) is 0 Å². The molecule has 0 radical (unpaired) electrons. The number of amides is 1. The molecule has 0 aromatic rings. The van der Waals surface area contributed by atoms with Crippen molar-refractivity contribution < 1.29 is 4.79 Å². The molecule has 0 spiro atoms. The van der Waals surface area contributed by atoms with E-state index in [0.29, 0.717) is 11.8 Å². The lowest BCUT2D eigenvalue weighted by atomic mass is 10.0. The van der Waals surface area contributed by atoms with E-state index in [9.17, 15) is 4.79 Å². The zero-order valence-corrected chi connectivity index (χ0v) is 11.9. The van der Waals surface area contributed by atoms with Crippen LogP contribution >= 0.6 is 15.9 Å². The monoisotopic (exact) mass is 300 g/mol. The molecule has 1 saturated heterocycles. The first-order valence-electron chi connectivity index (χ1n) is 6.85. The van der Waals surface area contributed by atoms with Gasteiger partial charge < -0.3 is 4.90 Å². The fraction of sp³-hybridized carbons (Fsp3) is 0.923. The SMILES string of the molecule is O=C(C1CC2CC2C1)N1CCN(CCBr)CC1. The predicted octanol–water partition coefficient (Wildman–Crippen LogP) is 1.57. The molecule has 1 aliphatic heterocycles. The van der Waals surface area contributed by atoms with Crippen molar-refractivity contribution in [2.45, 2.75) is 19.3 Å². The number of rotatable bonds is 3. The molecular formula is C13H21BrN2O. The van der Waals surface area contributed by atoms with Gasteiger partial charge in [-0.25, -0.2) is 0 Å². The Bertz CT molecular complexity index is 292. The molecule has 2 atom stereocenters. The van der Waals surface area contributed by atoms with Gasteiger partial charge in [0, 0.05) is 44.0 Å². The Labute approximate surface area is 112 Å². The molecule has 0 aromatic carbocycles. The standard InChI is InChI=1S/C13H21BrN2O/c14-1-2-15-3-5-16(6-4-15)13(17)12-8-10-7-11(10)9-12/h10-12H,1-9H2. The second kappa shape index (κ2) is 4.88. The van der Waals surface area contributed by atoms with Gasteiger partial charge in [-0.15, -0.1) is 0 Å². The van der Waals surface area contributed by atoms with Crippen LogP contribution in [0, 0.1) is 17.8 Å². The number of alkyl halides is 1. The van der Waals surface area contributed by atoms with E-state index in [1.807, 2.05) is 0 Å². The summed E-state index contributed by atoms with van der Waals surface area (Å²) in [5.41, 5.74) is 0. The molecule has 3 nitrogen and oxygen atoms in total. The topological polar surface area (TPSA) is 23.6 Å². The summed E-state index contributed by atoms with van der Waals surface area (Å²) in [7, 11) is 0. The second-order valence-electron chi connectivity index (χ2n) is 5.78. The minimum atomic E-state index is 0.376. The smallest absolute Gasteiger partial charge is 0.225 e. The lowest BCUT2D eigenvalue weighted by molar-refractivity contribution is -0.137. The molecule has 2 unspecified atom stereocenters. The molecule has 0 N–H and O–H groups in total. The maximum atomic E-state index is 12.3. The first kappa shape index (κ1) is 12.0. The van der Waals surface area contributed by atoms with Crippen LogP contribution in [-0.4, -0.2) is 53.8 Å². The summed E-state index contributed by atoms with van der Waals surface area (Å²) in [6, 6.07) is 0. The number of fused-ring (bicyclic) bond motifs is 1. The number of piperazine rings is 1. The van der Waals surface area contributed by atoms with Crippen LogP contribution in [0.25, 0.3) is 0 Å². The van der Waals surface area contributed by atoms with Crippen LogP contribution < -0.4 is 0 Å². The summed E-state index contributed by atoms with van der Waals surface area (Å²) >= 11 is 3.47. The van der Waals surface area contributed by atoms with Gasteiger partial charge in [-0.2, -0.15) is 0 Å². The third-order valence-corrected chi connectivity index (χ3v) is 5.03. The fourth-order valence-electron chi connectivity index (χ4n) is 3.49. The quantitative estimate of drug-likeness (QED) is 0.739. The van der Waals surface area contributed by atoms with E-state index in [4.69, 9.17) is 0 Å². The highest BCUT2D eigenvalue weighted by Crippen LogP contribution is 2.54. The molecule has 1 amide bonds. The summed E-state index contributed by atoms with van der Waals surface area (Å²) in [5.74, 6) is 2.66. The summed E-state index contributed by atoms with van der Waals surface area (Å²) in [4.78, 5) is 16.9. The van der Waals surface area contributed by atoms with E-state index in [-0.39, 0.29) is 0 Å². The van der Waals surface area contributed by atoms with Gasteiger partial charge in [-0.1, -0.05) is 15.9 Å². The van der Waals surface area contributed by atoms with Crippen LogP contribution in [0.15, 0.2) is 0 Å². The van der Waals surface area contributed by atoms with Crippen molar-refractivity contribution in [2.75, 3.05) is 38.1 Å². The van der Waals surface area contributed by atoms with E-state index in [1.165, 1.54) is 19.3 Å². The summed E-state index contributed by atoms with van der Waals surface area (Å²) in [6.07, 6.45) is 3.78. The lowest BCUT2D eigenvalue weighted by Gasteiger charge is -2.35. The van der Waals surface area contributed by atoms with Crippen LogP contribution in [0.5, 0.6) is 0 Å². The van der Waals surface area contributed by atoms with Crippen LogP contribution in [0.4, 0.5) is 0 Å². The molecule has 3 rings (SSSR count). The Morgan fingerprint density at radius 3 is 2.29 bits per heavy atom. The minimum absolute atomic E-state index is 0.376. The van der Waals surface area contributed by atoms with Gasteiger partial charge in [0.05, 0.1) is 0 Å². The summed E-state index contributed by atoms with van der Waals surface area (Å²) in [6.45, 7) is 5.10. The maximum absolute atomic E-state index is 12.3. The summed E-state index contributed by atoms with van der Waals surface area (Å²) in [5, 5.41) is 1.03. The highest BCUT2D eigenvalue weighted by molar-refractivity contribution is 9.09. The Morgan fingerprint density at radius 1 is 1.06 bits per heavy atom. The van der Waals surface area contributed by atoms with E-state index >= 15 is 0 Å². The van der Waals surface area contributed by atoms with E-state index < -0.39 is 0 Å². The summed E-state index contributed by atoms with van der Waals surface area (Å²) < 4.78 is 0. The van der Waals surface area contributed by atoms with Crippen molar-refractivity contribution in [3.63, 3.8) is 0 Å². The van der Waals surface area contributed by atoms with Gasteiger partial charge in [0.1, 0.15) is 0 Å². The average Bonchev–Trinajstić information content (AvgIpc) is 2.97. The Hall–Kier alpha value is -0.0900. The zero-order valence-electron chi connectivity index (χ0n) is 10.3. The van der Waals surface area contributed by atoms with Gasteiger partial charge >= 0.3 is 0 Å². The number of nitrogens with zero attached hydrogens (tertiary/aromatic N) is 2. The minimum Gasteiger partial charge on any atom is -0.340 e. The van der Waals surface area contributed by atoms with Crippen LogP contribution in [0.3, 0.4) is 0 Å². The number of hydrogen-bond donors (Lipinski definition) is 0. The molecule has 2 saturated carbocycles. The van der Waals surface area contributed by atoms with Gasteiger partial charge in [-0.3, -0.25) is 9.69 Å². The van der Waals surface area contributed by atoms with Crippen LogP contribution in [-0.2, 0) is 4.79 Å². The van der Waals surface area contributed by atoms with Gasteiger partial charge in [0.2, 0.25) is 5.91 Å². The van der Waals surface area contributed by atoms with E-state index in [1.54, 1.807) is 0 Å². The largest absolute Gasteiger partial charge is 0.340 e. The Kier molecular flexibility index (Phi) is 3.44. The van der Waals surface area contributed by atoms with Crippen molar-refractivity contribution in [2.24, 2.45) is 17.8 Å². The number of carbonyl (C=O) groups is 1. The third-order valence-electron chi connectivity index (χ3n) is 4.68. The number of hydrogen-bond acceptors (Lipinski definition) is 2. The highest BCUT2D eigenvalue weighted by Gasteiger charge is 2.48. The van der Waals surface area contributed by atoms with E-state index in [0.717, 1.165) is 49.9 Å². The lowest BCUT2D eigenvalue weighted by Crippen LogP contribution is -2.50. The second-order valence-corrected chi connectivity index (χ2v) is 6.57. The maximum Gasteiger partial charge on any atom is 0.225 e. The van der Waals surface area contributed by atoms with Gasteiger partial charge in [-0.05, 0) is 31.1 Å². The first-order valence-corrected chi connectivity index (χ1v) is 7.97. The molecule has 3 fully saturated rings. The molecule has 1 heterocycles. The van der Waals surface area contributed by atoms with Crippen molar-refractivity contribution in [3.8, 4) is 0 Å². The molecule has 96 valence electrons. The molecule has 0 aromatic heterocycles. The normalized spacial score (nSPS) is 37.0. The average molecular weight is 301 g/mol. The molecular weight excluding hydrogens is 280 g/mol. The first-order chi connectivity index (χ1) is 8.28. The van der Waals surface area contributed by atoms with E-state index in [2.05, 4.69) is 25.7 Å². The van der Waals surface area contributed by atoms with Crippen molar-refractivity contribution in [1.82, 2.24) is 9.80 Å². The predicted molar refractivity (Wildman–Crippen MR) is 71.1 cm³/mol. The van der Waals surface area contributed by atoms with Crippen molar-refractivity contribution >= 4 is 21.8 Å². The Balaban J connectivity index is 1.47. The number of halogens is 1. The molecule has 3 aliphatic rings. The zero-order chi connectivity index (χ0) is 11.8. The fourth-order valence-corrected chi connectivity index (χ4v) is 3.99. The van der Waals surface area contributed by atoms with Crippen LogP contribution in [0.1, 0.15) is 19.3 Å². The highest BCUT2D eigenvalue weighted by atomic mass is 79.9.